The molecule has 3 aliphatic rings. The number of halogens is 4. The Kier molecular flexibility index (Phi) is 8.41. The Morgan fingerprint density at radius 2 is 1.72 bits per heavy atom. The van der Waals surface area contributed by atoms with E-state index >= 15 is 0 Å². The molecule has 1 heterocycles. The number of hydrogen-bond acceptors (Lipinski definition) is 4. The summed E-state index contributed by atoms with van der Waals surface area (Å²) in [4.78, 5) is 17.3. The fraction of sp³-hybridized carbons (Fsp3) is 0.909. The van der Waals surface area contributed by atoms with E-state index in [-0.39, 0.29) is 61.7 Å². The van der Waals surface area contributed by atoms with Gasteiger partial charge in [0.15, 0.2) is 5.96 Å². The molecule has 1 saturated heterocycles. The maximum absolute atomic E-state index is 14.1. The number of hydrogen-bond donors (Lipinski definition) is 4. The van der Waals surface area contributed by atoms with Gasteiger partial charge in [-0.25, -0.2) is 14.8 Å². The lowest BCUT2D eigenvalue weighted by molar-refractivity contribution is -0.184. The summed E-state index contributed by atoms with van der Waals surface area (Å²) >= 11 is 0. The van der Waals surface area contributed by atoms with Crippen LogP contribution in [0.15, 0.2) is 4.99 Å². The second kappa shape index (κ2) is 10.7. The van der Waals surface area contributed by atoms with Crippen molar-refractivity contribution in [2.75, 3.05) is 0 Å². The third-order valence-corrected chi connectivity index (χ3v) is 7.13. The molecule has 1 amide bonds. The van der Waals surface area contributed by atoms with Crippen LogP contribution in [0.1, 0.15) is 72.1 Å². The number of alkyl halides is 4. The first-order valence-corrected chi connectivity index (χ1v) is 11.9. The van der Waals surface area contributed by atoms with Gasteiger partial charge < -0.3 is 5.32 Å². The highest BCUT2D eigenvalue weighted by Crippen LogP contribution is 2.39. The number of rotatable bonds is 4. The average molecular weight is 464 g/mol. The van der Waals surface area contributed by atoms with Gasteiger partial charge in [0.05, 0.1) is 5.92 Å². The van der Waals surface area contributed by atoms with E-state index in [9.17, 15) is 22.4 Å². The van der Waals surface area contributed by atoms with E-state index in [0.717, 1.165) is 12.8 Å². The van der Waals surface area contributed by atoms with E-state index in [1.807, 2.05) is 20.8 Å². The smallest absolute Gasteiger partial charge is 0.354 e. The molecule has 0 bridgehead atoms. The van der Waals surface area contributed by atoms with Gasteiger partial charge in [0.2, 0.25) is 5.91 Å². The van der Waals surface area contributed by atoms with E-state index in [4.69, 9.17) is 0 Å². The zero-order valence-electron chi connectivity index (χ0n) is 19.1. The number of carbonyl (C=O) groups excluding carboxylic acids is 1. The van der Waals surface area contributed by atoms with Crippen molar-refractivity contribution in [3.05, 3.63) is 0 Å². The predicted molar refractivity (Wildman–Crippen MR) is 115 cm³/mol. The van der Waals surface area contributed by atoms with Crippen LogP contribution in [0, 0.1) is 23.7 Å². The summed E-state index contributed by atoms with van der Waals surface area (Å²) in [6.45, 7) is 5.80. The summed E-state index contributed by atoms with van der Waals surface area (Å²) in [6.07, 6.45) is -1.74. The number of aliphatic imine (C=N–C) groups is 1. The highest BCUT2D eigenvalue weighted by molar-refractivity contribution is 5.98. The molecule has 0 aromatic rings. The van der Waals surface area contributed by atoms with E-state index in [1.165, 1.54) is 0 Å². The summed E-state index contributed by atoms with van der Waals surface area (Å²) in [6, 6.07) is 0.135. The number of nitrogens with zero attached hydrogens (tertiary/aromatic N) is 1. The minimum Gasteiger partial charge on any atom is -0.354 e. The molecule has 0 aromatic heterocycles. The Bertz CT molecular complexity index is 663. The fourth-order valence-electron chi connectivity index (χ4n) is 5.06. The molecule has 184 valence electrons. The van der Waals surface area contributed by atoms with Crippen LogP contribution in [0.5, 0.6) is 0 Å². The maximum atomic E-state index is 14.1. The van der Waals surface area contributed by atoms with E-state index < -0.39 is 24.2 Å². The van der Waals surface area contributed by atoms with Crippen molar-refractivity contribution in [2.45, 2.75) is 103 Å². The average Bonchev–Trinajstić information content (AvgIpc) is 3.17. The molecule has 2 aliphatic carbocycles. The summed E-state index contributed by atoms with van der Waals surface area (Å²) in [5.41, 5.74) is 6.37. The Labute approximate surface area is 187 Å². The highest BCUT2D eigenvalue weighted by Gasteiger charge is 2.42. The van der Waals surface area contributed by atoms with Gasteiger partial charge in [-0.15, -0.1) is 0 Å². The number of carbonyl (C=O) groups is 1. The fourth-order valence-corrected chi connectivity index (χ4v) is 5.06. The lowest BCUT2D eigenvalue weighted by atomic mass is 9.77. The van der Waals surface area contributed by atoms with Crippen molar-refractivity contribution < 1.29 is 22.4 Å². The van der Waals surface area contributed by atoms with Crippen LogP contribution in [0.25, 0.3) is 0 Å². The summed E-state index contributed by atoms with van der Waals surface area (Å²) in [7, 11) is 0. The molecule has 5 atom stereocenters. The van der Waals surface area contributed by atoms with Crippen LogP contribution in [0.3, 0.4) is 0 Å². The van der Waals surface area contributed by atoms with Gasteiger partial charge in [0, 0.05) is 24.4 Å². The zero-order valence-corrected chi connectivity index (χ0v) is 19.1. The van der Waals surface area contributed by atoms with Crippen molar-refractivity contribution in [3.8, 4) is 0 Å². The molecule has 0 aromatic carbocycles. The Morgan fingerprint density at radius 3 is 2.31 bits per heavy atom. The molecule has 2 saturated carbocycles. The maximum Gasteiger partial charge on any atom is 0.391 e. The molecule has 0 spiro atoms. The van der Waals surface area contributed by atoms with E-state index in [0.29, 0.717) is 18.8 Å². The standard InChI is InChI=1S/C22H37F4N5O/c1-12(2)27-21(29-20(32)14-6-8-16(9-7-14)22(24,25)26)28-19-11-18(30-31-19)15-5-4-13(3)17(23)10-15/h12-19,30-31H,4-11H2,1-3H3,(H2,27,28,29,32). The van der Waals surface area contributed by atoms with Crippen LogP contribution < -0.4 is 21.5 Å². The van der Waals surface area contributed by atoms with Gasteiger partial charge in [-0.3, -0.25) is 15.5 Å². The summed E-state index contributed by atoms with van der Waals surface area (Å²) in [5, 5.41) is 5.92. The number of amides is 1. The first kappa shape index (κ1) is 25.2. The number of nitrogens with one attached hydrogen (secondary N) is 4. The van der Waals surface area contributed by atoms with Gasteiger partial charge in [-0.05, 0) is 70.6 Å². The first-order valence-electron chi connectivity index (χ1n) is 11.9. The summed E-state index contributed by atoms with van der Waals surface area (Å²) < 4.78 is 52.8. The van der Waals surface area contributed by atoms with Gasteiger partial charge in [-0.2, -0.15) is 13.2 Å². The minimum atomic E-state index is -4.19. The third-order valence-electron chi connectivity index (χ3n) is 7.13. The van der Waals surface area contributed by atoms with Crippen molar-refractivity contribution in [1.29, 1.82) is 0 Å². The third kappa shape index (κ3) is 6.79. The first-order chi connectivity index (χ1) is 15.0. The quantitative estimate of drug-likeness (QED) is 0.291. The zero-order chi connectivity index (χ0) is 23.5. The normalized spacial score (nSPS) is 36.9. The Balaban J connectivity index is 1.55. The van der Waals surface area contributed by atoms with Crippen molar-refractivity contribution in [3.63, 3.8) is 0 Å². The van der Waals surface area contributed by atoms with Crippen LogP contribution in [-0.4, -0.2) is 42.5 Å². The predicted octanol–water partition coefficient (Wildman–Crippen LogP) is 3.79. The Hall–Kier alpha value is -1.42. The molecule has 1 aliphatic heterocycles. The molecular weight excluding hydrogens is 426 g/mol. The molecule has 10 heteroatoms. The molecule has 5 unspecified atom stereocenters. The number of hydrazine groups is 1. The molecule has 3 fully saturated rings. The second-order valence-electron chi connectivity index (χ2n) is 10.1. The van der Waals surface area contributed by atoms with Gasteiger partial charge in [-0.1, -0.05) is 6.92 Å². The van der Waals surface area contributed by atoms with E-state index in [2.05, 4.69) is 26.5 Å². The monoisotopic (exact) mass is 463 g/mol. The molecule has 6 nitrogen and oxygen atoms in total. The molecule has 3 rings (SSSR count). The summed E-state index contributed by atoms with van der Waals surface area (Å²) in [5.74, 6) is -1.37. The largest absolute Gasteiger partial charge is 0.391 e. The van der Waals surface area contributed by atoms with Crippen molar-refractivity contribution in [2.24, 2.45) is 28.7 Å². The Morgan fingerprint density at radius 1 is 1.03 bits per heavy atom. The number of guanidine groups is 1. The SMILES string of the molecule is CC(C)N/C(=N\C1CC(C2CCC(C)C(F)C2)NN1)NC(=O)C1CCC(C(F)(F)F)CC1. The molecule has 0 radical (unpaired) electrons. The molecule has 4 N–H and O–H groups in total. The minimum absolute atomic E-state index is 0.0168. The van der Waals surface area contributed by atoms with Crippen LogP contribution >= 0.6 is 0 Å². The van der Waals surface area contributed by atoms with Gasteiger partial charge in [0.1, 0.15) is 12.3 Å². The molecule has 32 heavy (non-hydrogen) atoms. The van der Waals surface area contributed by atoms with Crippen molar-refractivity contribution in [1.82, 2.24) is 21.5 Å². The lowest BCUT2D eigenvalue weighted by Crippen LogP contribution is -2.48. The van der Waals surface area contributed by atoms with Crippen molar-refractivity contribution >= 4 is 11.9 Å². The lowest BCUT2D eigenvalue weighted by Gasteiger charge is -2.32. The highest BCUT2D eigenvalue weighted by atomic mass is 19.4. The second-order valence-corrected chi connectivity index (χ2v) is 10.1. The topological polar surface area (TPSA) is 77.6 Å². The van der Waals surface area contributed by atoms with Crippen LogP contribution in [-0.2, 0) is 4.79 Å². The van der Waals surface area contributed by atoms with E-state index in [1.54, 1.807) is 0 Å². The van der Waals surface area contributed by atoms with Crippen LogP contribution in [0.4, 0.5) is 17.6 Å². The van der Waals surface area contributed by atoms with Crippen LogP contribution in [0.2, 0.25) is 0 Å². The van der Waals surface area contributed by atoms with Gasteiger partial charge in [0.25, 0.3) is 0 Å². The van der Waals surface area contributed by atoms with Gasteiger partial charge >= 0.3 is 6.18 Å². The molecular formula is C22H37F4N5O.